The summed E-state index contributed by atoms with van der Waals surface area (Å²) >= 11 is 0. The van der Waals surface area contributed by atoms with Crippen LogP contribution < -0.4 is 10.9 Å². The second-order valence-electron chi connectivity index (χ2n) is 5.61. The van der Waals surface area contributed by atoms with Gasteiger partial charge in [-0.05, 0) is 30.5 Å². The number of carbonyl (C=O) groups excluding carboxylic acids is 1. The molecule has 0 aliphatic heterocycles. The maximum atomic E-state index is 11.8. The second-order valence-corrected chi connectivity index (χ2v) is 5.61. The van der Waals surface area contributed by atoms with Gasteiger partial charge in [-0.2, -0.15) is 0 Å². The topological polar surface area (TPSA) is 88.8 Å². The normalized spacial score (nSPS) is 13.7. The van der Waals surface area contributed by atoms with Gasteiger partial charge in [0.2, 0.25) is 0 Å². The van der Waals surface area contributed by atoms with Crippen molar-refractivity contribution < 1.29 is 19.1 Å². The monoisotopic (exact) mass is 319 g/mol. The highest BCUT2D eigenvalue weighted by atomic mass is 16.5. The third-order valence-electron chi connectivity index (χ3n) is 3.92. The van der Waals surface area contributed by atoms with Crippen LogP contribution in [0.5, 0.6) is 0 Å². The number of ether oxygens (including phenoxy) is 1. The number of methoxy groups -OCH3 is 1. The molecule has 6 nitrogen and oxygen atoms in total. The molecule has 0 saturated carbocycles. The number of aryl methyl sites for hydroxylation is 1. The van der Waals surface area contributed by atoms with Crippen molar-refractivity contribution in [3.8, 4) is 0 Å². The molecule has 0 amide bonds. The standard InChI is InChI=1S/C17H21NO5/c1-4-11-5-6-13-12(8-15(20)23-14(13)7-11)9-18-17(2,10-19)16(21)22-3/h5-8,18-19H,4,9-10H2,1-3H3. The molecule has 0 radical (unpaired) electrons. The summed E-state index contributed by atoms with van der Waals surface area (Å²) in [6, 6.07) is 7.09. The summed E-state index contributed by atoms with van der Waals surface area (Å²) in [6.45, 7) is 3.37. The minimum atomic E-state index is -1.24. The van der Waals surface area contributed by atoms with Crippen LogP contribution in [0.4, 0.5) is 0 Å². The highest BCUT2D eigenvalue weighted by molar-refractivity contribution is 5.82. The van der Waals surface area contributed by atoms with Crippen LogP contribution in [0, 0.1) is 0 Å². The van der Waals surface area contributed by atoms with E-state index in [1.807, 2.05) is 25.1 Å². The number of nitrogens with one attached hydrogen (secondary N) is 1. The molecule has 1 heterocycles. The van der Waals surface area contributed by atoms with Gasteiger partial charge >= 0.3 is 11.6 Å². The minimum absolute atomic E-state index is 0.222. The van der Waals surface area contributed by atoms with E-state index in [0.29, 0.717) is 11.1 Å². The summed E-state index contributed by atoms with van der Waals surface area (Å²) in [6.07, 6.45) is 0.840. The van der Waals surface area contributed by atoms with Crippen LogP contribution >= 0.6 is 0 Å². The van der Waals surface area contributed by atoms with E-state index in [1.165, 1.54) is 13.2 Å². The second kappa shape index (κ2) is 6.93. The Balaban J connectivity index is 2.36. The largest absolute Gasteiger partial charge is 0.468 e. The van der Waals surface area contributed by atoms with Gasteiger partial charge in [0.05, 0.1) is 13.7 Å². The lowest BCUT2D eigenvalue weighted by Gasteiger charge is -2.25. The summed E-state index contributed by atoms with van der Waals surface area (Å²) in [7, 11) is 1.26. The zero-order chi connectivity index (χ0) is 17.0. The molecule has 0 saturated heterocycles. The zero-order valence-electron chi connectivity index (χ0n) is 13.5. The molecule has 1 atom stereocenters. The maximum absolute atomic E-state index is 11.8. The highest BCUT2D eigenvalue weighted by Gasteiger charge is 2.33. The summed E-state index contributed by atoms with van der Waals surface area (Å²) in [4.78, 5) is 23.5. The van der Waals surface area contributed by atoms with Gasteiger partial charge in [-0.15, -0.1) is 0 Å². The van der Waals surface area contributed by atoms with E-state index in [1.54, 1.807) is 6.92 Å². The van der Waals surface area contributed by atoms with Gasteiger partial charge in [-0.1, -0.05) is 19.1 Å². The number of benzene rings is 1. The lowest BCUT2D eigenvalue weighted by atomic mass is 10.0. The molecule has 1 unspecified atom stereocenters. The van der Waals surface area contributed by atoms with Crippen molar-refractivity contribution in [2.45, 2.75) is 32.4 Å². The zero-order valence-corrected chi connectivity index (χ0v) is 13.5. The molecule has 0 fully saturated rings. The molecule has 6 heteroatoms. The SMILES string of the molecule is CCc1ccc2c(CNC(C)(CO)C(=O)OC)cc(=O)oc2c1. The first kappa shape index (κ1) is 17.2. The van der Waals surface area contributed by atoms with E-state index in [9.17, 15) is 14.7 Å². The predicted molar refractivity (Wildman–Crippen MR) is 86.2 cm³/mol. The molecule has 0 aliphatic carbocycles. The molecule has 0 spiro atoms. The van der Waals surface area contributed by atoms with Crippen LogP contribution in [0.1, 0.15) is 25.0 Å². The van der Waals surface area contributed by atoms with Crippen molar-refractivity contribution in [2.24, 2.45) is 0 Å². The average molecular weight is 319 g/mol. The number of hydrogen-bond acceptors (Lipinski definition) is 6. The average Bonchev–Trinajstić information content (AvgIpc) is 2.57. The van der Waals surface area contributed by atoms with Gasteiger partial charge in [-0.3, -0.25) is 5.32 Å². The molecule has 0 bridgehead atoms. The molecule has 23 heavy (non-hydrogen) atoms. The van der Waals surface area contributed by atoms with E-state index in [0.717, 1.165) is 17.4 Å². The Morgan fingerprint density at radius 2 is 2.13 bits per heavy atom. The van der Waals surface area contributed by atoms with Crippen LogP contribution in [-0.2, 0) is 22.5 Å². The Hall–Kier alpha value is -2.18. The molecule has 1 aromatic carbocycles. The molecule has 1 aromatic heterocycles. The Kier molecular flexibility index (Phi) is 5.18. The lowest BCUT2D eigenvalue weighted by molar-refractivity contribution is -0.149. The van der Waals surface area contributed by atoms with Crippen LogP contribution in [0.15, 0.2) is 33.5 Å². The fourth-order valence-corrected chi connectivity index (χ4v) is 2.35. The Bertz CT molecular complexity index is 767. The first-order chi connectivity index (χ1) is 10.9. The number of aliphatic hydroxyl groups excluding tert-OH is 1. The highest BCUT2D eigenvalue weighted by Crippen LogP contribution is 2.20. The summed E-state index contributed by atoms with van der Waals surface area (Å²) in [5.74, 6) is -0.569. The van der Waals surface area contributed by atoms with Crippen LogP contribution in [0.25, 0.3) is 11.0 Å². The van der Waals surface area contributed by atoms with Gasteiger partial charge in [0.15, 0.2) is 0 Å². The van der Waals surface area contributed by atoms with E-state index in [-0.39, 0.29) is 6.54 Å². The van der Waals surface area contributed by atoms with Crippen molar-refractivity contribution in [1.29, 1.82) is 0 Å². The maximum Gasteiger partial charge on any atom is 0.336 e. The Labute approximate surface area is 134 Å². The van der Waals surface area contributed by atoms with E-state index >= 15 is 0 Å². The third-order valence-corrected chi connectivity index (χ3v) is 3.92. The van der Waals surface area contributed by atoms with Crippen molar-refractivity contribution in [3.05, 3.63) is 45.8 Å². The van der Waals surface area contributed by atoms with Gasteiger partial charge in [0.25, 0.3) is 0 Å². The fourth-order valence-electron chi connectivity index (χ4n) is 2.35. The number of aliphatic hydroxyl groups is 1. The molecule has 2 rings (SSSR count). The van der Waals surface area contributed by atoms with E-state index in [4.69, 9.17) is 9.15 Å². The molecular formula is C17H21NO5. The minimum Gasteiger partial charge on any atom is -0.468 e. The van der Waals surface area contributed by atoms with Crippen LogP contribution in [0.3, 0.4) is 0 Å². The van der Waals surface area contributed by atoms with Crippen molar-refractivity contribution >= 4 is 16.9 Å². The van der Waals surface area contributed by atoms with E-state index < -0.39 is 23.7 Å². The molecule has 124 valence electrons. The fraction of sp³-hybridized carbons (Fsp3) is 0.412. The van der Waals surface area contributed by atoms with E-state index in [2.05, 4.69) is 5.32 Å². The first-order valence-electron chi connectivity index (χ1n) is 7.43. The number of hydrogen-bond donors (Lipinski definition) is 2. The number of esters is 1. The van der Waals surface area contributed by atoms with Crippen LogP contribution in [-0.4, -0.2) is 30.3 Å². The number of fused-ring (bicyclic) bond motifs is 1. The van der Waals surface area contributed by atoms with Gasteiger partial charge < -0.3 is 14.3 Å². The summed E-state index contributed by atoms with van der Waals surface area (Å²) in [5.41, 5.74) is 0.590. The summed E-state index contributed by atoms with van der Waals surface area (Å²) < 4.78 is 9.94. The van der Waals surface area contributed by atoms with Gasteiger partial charge in [0, 0.05) is 18.0 Å². The van der Waals surface area contributed by atoms with Crippen molar-refractivity contribution in [2.75, 3.05) is 13.7 Å². The van der Waals surface area contributed by atoms with Crippen molar-refractivity contribution in [3.63, 3.8) is 0 Å². The quantitative estimate of drug-likeness (QED) is 0.617. The first-order valence-corrected chi connectivity index (χ1v) is 7.43. The Morgan fingerprint density at radius 3 is 2.74 bits per heavy atom. The molecule has 2 aromatic rings. The van der Waals surface area contributed by atoms with Crippen molar-refractivity contribution in [1.82, 2.24) is 5.32 Å². The molecule has 2 N–H and O–H groups in total. The lowest BCUT2D eigenvalue weighted by Crippen LogP contribution is -2.52. The smallest absolute Gasteiger partial charge is 0.336 e. The molecular weight excluding hydrogens is 298 g/mol. The van der Waals surface area contributed by atoms with Gasteiger partial charge in [0.1, 0.15) is 11.1 Å². The van der Waals surface area contributed by atoms with Crippen LogP contribution in [0.2, 0.25) is 0 Å². The number of rotatable bonds is 6. The number of carbonyl (C=O) groups is 1. The Morgan fingerprint density at radius 1 is 1.39 bits per heavy atom. The third kappa shape index (κ3) is 3.60. The predicted octanol–water partition coefficient (Wildman–Crippen LogP) is 1.37. The molecule has 0 aliphatic rings. The van der Waals surface area contributed by atoms with Gasteiger partial charge in [-0.25, -0.2) is 9.59 Å². The summed E-state index contributed by atoms with van der Waals surface area (Å²) in [5, 5.41) is 13.2.